The minimum atomic E-state index is -0.450. The second-order valence-corrected chi connectivity index (χ2v) is 7.66. The fraction of sp³-hybridized carbons (Fsp3) is 0.333. The fourth-order valence-corrected chi connectivity index (χ4v) is 3.25. The summed E-state index contributed by atoms with van der Waals surface area (Å²) in [5.74, 6) is -0.147. The number of nitrogens with zero attached hydrogens (tertiary/aromatic N) is 2. The molecule has 6 nitrogen and oxygen atoms in total. The molecule has 0 amide bonds. The predicted octanol–water partition coefficient (Wildman–Crippen LogP) is 4.60. The molecule has 7 heteroatoms. The first-order valence-corrected chi connectivity index (χ1v) is 8.61. The van der Waals surface area contributed by atoms with Gasteiger partial charge in [-0.3, -0.25) is 14.9 Å². The van der Waals surface area contributed by atoms with Crippen LogP contribution in [0, 0.1) is 17.0 Å². The van der Waals surface area contributed by atoms with Crippen molar-refractivity contribution >= 4 is 34.6 Å². The molecule has 2 aromatic rings. The molecule has 0 aliphatic carbocycles. The van der Waals surface area contributed by atoms with E-state index < -0.39 is 4.92 Å². The van der Waals surface area contributed by atoms with Crippen LogP contribution in [0.25, 0.3) is 6.08 Å². The minimum Gasteiger partial charge on any atom is -0.383 e. The number of nitro groups is 1. The molecule has 0 aliphatic heterocycles. The second kappa shape index (κ2) is 7.14. The quantitative estimate of drug-likeness (QED) is 0.365. The molecular formula is C18H21N3O3S. The van der Waals surface area contributed by atoms with E-state index in [9.17, 15) is 14.9 Å². The molecule has 2 rings (SSSR count). The molecular weight excluding hydrogens is 338 g/mol. The summed E-state index contributed by atoms with van der Waals surface area (Å²) >= 11 is 1.39. The molecule has 0 radical (unpaired) electrons. The Kier molecular flexibility index (Phi) is 5.37. The molecule has 0 saturated heterocycles. The van der Waals surface area contributed by atoms with Gasteiger partial charge in [-0.05, 0) is 24.6 Å². The van der Waals surface area contributed by atoms with Crippen LogP contribution >= 0.6 is 11.3 Å². The number of carbonyl (C=O) groups is 1. The lowest BCUT2D eigenvalue weighted by molar-refractivity contribution is -0.383. The molecule has 1 N–H and O–H groups in total. The summed E-state index contributed by atoms with van der Waals surface area (Å²) < 4.78 is 0. The van der Waals surface area contributed by atoms with Gasteiger partial charge in [0.25, 0.3) is 5.69 Å². The highest BCUT2D eigenvalue weighted by Gasteiger charge is 2.22. The highest BCUT2D eigenvalue weighted by Crippen LogP contribution is 2.30. The highest BCUT2D eigenvalue weighted by molar-refractivity contribution is 7.14. The van der Waals surface area contributed by atoms with E-state index >= 15 is 0 Å². The fourth-order valence-electron chi connectivity index (χ4n) is 2.21. The van der Waals surface area contributed by atoms with E-state index in [-0.39, 0.29) is 16.9 Å². The summed E-state index contributed by atoms with van der Waals surface area (Å²) in [4.78, 5) is 28.2. The molecule has 0 unspecified atom stereocenters. The number of allylic oxidation sites excluding steroid dienone is 1. The molecule has 132 valence electrons. The number of aryl methyl sites for hydroxylation is 1. The molecule has 0 saturated carbocycles. The third kappa shape index (κ3) is 4.30. The van der Waals surface area contributed by atoms with Crippen LogP contribution in [0.3, 0.4) is 0 Å². The Bertz CT molecular complexity index is 848. The Hall–Kier alpha value is -2.54. The van der Waals surface area contributed by atoms with Crippen molar-refractivity contribution in [3.63, 3.8) is 0 Å². The van der Waals surface area contributed by atoms with Crippen molar-refractivity contribution in [2.45, 2.75) is 33.1 Å². The molecule has 0 aliphatic rings. The molecule has 1 aromatic carbocycles. The predicted molar refractivity (Wildman–Crippen MR) is 102 cm³/mol. The van der Waals surface area contributed by atoms with E-state index in [1.54, 1.807) is 25.3 Å². The molecule has 0 bridgehead atoms. The van der Waals surface area contributed by atoms with Crippen LogP contribution in [0.2, 0.25) is 0 Å². The Morgan fingerprint density at radius 1 is 1.36 bits per heavy atom. The van der Waals surface area contributed by atoms with Crippen LogP contribution in [-0.4, -0.2) is 22.7 Å². The zero-order valence-electron chi connectivity index (χ0n) is 14.9. The van der Waals surface area contributed by atoms with Crippen molar-refractivity contribution < 1.29 is 9.72 Å². The SMILES string of the molecule is CNc1ccc(/C=C/C(=O)c2sc(C(C)(C)C)nc2C)cc1[N+](=O)[O-]. The van der Waals surface area contributed by atoms with E-state index in [1.807, 2.05) is 6.92 Å². The van der Waals surface area contributed by atoms with Gasteiger partial charge in [-0.2, -0.15) is 0 Å². The Balaban J connectivity index is 2.28. The van der Waals surface area contributed by atoms with Crippen LogP contribution in [-0.2, 0) is 5.41 Å². The van der Waals surface area contributed by atoms with Crippen molar-refractivity contribution in [3.05, 3.63) is 55.5 Å². The maximum atomic E-state index is 12.5. The van der Waals surface area contributed by atoms with Gasteiger partial charge in [-0.25, -0.2) is 4.98 Å². The number of thiazole rings is 1. The third-order valence-electron chi connectivity index (χ3n) is 3.58. The summed E-state index contributed by atoms with van der Waals surface area (Å²) in [5, 5.41) is 14.8. The van der Waals surface area contributed by atoms with Crippen LogP contribution in [0.1, 0.15) is 46.7 Å². The standard InChI is InChI=1S/C18H21N3O3S/c1-11-16(25-17(20-11)18(2,3)4)15(22)9-7-12-6-8-13(19-5)14(10-12)21(23)24/h6-10,19H,1-5H3/b9-7+. The van der Waals surface area contributed by atoms with Gasteiger partial charge in [0.2, 0.25) is 0 Å². The highest BCUT2D eigenvalue weighted by atomic mass is 32.1. The number of nitrogens with one attached hydrogen (secondary N) is 1. The third-order valence-corrected chi connectivity index (χ3v) is 5.17. The molecule has 0 spiro atoms. The van der Waals surface area contributed by atoms with Gasteiger partial charge in [0.1, 0.15) is 5.69 Å². The van der Waals surface area contributed by atoms with Gasteiger partial charge >= 0.3 is 0 Å². The first-order valence-electron chi connectivity index (χ1n) is 7.80. The monoisotopic (exact) mass is 359 g/mol. The number of ketones is 1. The molecule has 1 heterocycles. The lowest BCUT2D eigenvalue weighted by atomic mass is 9.98. The van der Waals surface area contributed by atoms with Gasteiger partial charge in [0.15, 0.2) is 5.78 Å². The number of anilines is 1. The Labute approximate surface area is 150 Å². The van der Waals surface area contributed by atoms with Crippen LogP contribution in [0.5, 0.6) is 0 Å². The average molecular weight is 359 g/mol. The van der Waals surface area contributed by atoms with E-state index in [2.05, 4.69) is 31.1 Å². The van der Waals surface area contributed by atoms with Crippen molar-refractivity contribution in [2.75, 3.05) is 12.4 Å². The molecule has 25 heavy (non-hydrogen) atoms. The largest absolute Gasteiger partial charge is 0.383 e. The van der Waals surface area contributed by atoms with Crippen molar-refractivity contribution in [1.82, 2.24) is 4.98 Å². The first-order chi connectivity index (χ1) is 11.6. The number of rotatable bonds is 5. The molecule has 0 fully saturated rings. The van der Waals surface area contributed by atoms with E-state index in [4.69, 9.17) is 0 Å². The average Bonchev–Trinajstić information content (AvgIpc) is 2.94. The van der Waals surface area contributed by atoms with Crippen LogP contribution in [0.15, 0.2) is 24.3 Å². The van der Waals surface area contributed by atoms with Gasteiger partial charge in [-0.15, -0.1) is 11.3 Å². The molecule has 1 aromatic heterocycles. The maximum absolute atomic E-state index is 12.5. The second-order valence-electron chi connectivity index (χ2n) is 6.66. The summed E-state index contributed by atoms with van der Waals surface area (Å²) in [7, 11) is 1.63. The van der Waals surface area contributed by atoms with Gasteiger partial charge < -0.3 is 5.32 Å². The molecule has 0 atom stereocenters. The summed E-state index contributed by atoms with van der Waals surface area (Å²) in [6.07, 6.45) is 3.02. The van der Waals surface area contributed by atoms with Crippen molar-refractivity contribution in [1.29, 1.82) is 0 Å². The normalized spacial score (nSPS) is 11.7. The van der Waals surface area contributed by atoms with Crippen LogP contribution in [0.4, 0.5) is 11.4 Å². The minimum absolute atomic E-state index is 0.0268. The summed E-state index contributed by atoms with van der Waals surface area (Å²) in [6, 6.07) is 4.79. The van der Waals surface area contributed by atoms with Crippen molar-refractivity contribution in [3.8, 4) is 0 Å². The summed E-state index contributed by atoms with van der Waals surface area (Å²) in [5.41, 5.74) is 1.60. The van der Waals surface area contributed by atoms with Gasteiger partial charge in [-0.1, -0.05) is 32.9 Å². The number of benzene rings is 1. The zero-order chi connectivity index (χ0) is 18.8. The smallest absolute Gasteiger partial charge is 0.292 e. The van der Waals surface area contributed by atoms with Gasteiger partial charge in [0, 0.05) is 18.5 Å². The van der Waals surface area contributed by atoms with Crippen LogP contribution < -0.4 is 5.32 Å². The first kappa shape index (κ1) is 18.8. The van der Waals surface area contributed by atoms with Crippen molar-refractivity contribution in [2.24, 2.45) is 0 Å². The number of hydrogen-bond acceptors (Lipinski definition) is 6. The maximum Gasteiger partial charge on any atom is 0.292 e. The number of hydrogen-bond donors (Lipinski definition) is 1. The number of nitro benzene ring substituents is 1. The topological polar surface area (TPSA) is 85.1 Å². The lowest BCUT2D eigenvalue weighted by Crippen LogP contribution is -2.10. The van der Waals surface area contributed by atoms with Gasteiger partial charge in [0.05, 0.1) is 20.5 Å². The number of carbonyl (C=O) groups excluding carboxylic acids is 1. The lowest BCUT2D eigenvalue weighted by Gasteiger charge is -2.13. The van der Waals surface area contributed by atoms with E-state index in [0.717, 1.165) is 5.01 Å². The number of aromatic nitrogens is 1. The van der Waals surface area contributed by atoms with E-state index in [0.29, 0.717) is 21.8 Å². The summed E-state index contributed by atoms with van der Waals surface area (Å²) in [6.45, 7) is 7.98. The Morgan fingerprint density at radius 3 is 2.56 bits per heavy atom. The zero-order valence-corrected chi connectivity index (χ0v) is 15.7. The van der Waals surface area contributed by atoms with E-state index in [1.165, 1.54) is 23.5 Å². The Morgan fingerprint density at radius 2 is 2.04 bits per heavy atom.